The molecule has 0 saturated heterocycles. The third-order valence-electron chi connectivity index (χ3n) is 4.07. The number of anilines is 2. The van der Waals surface area contributed by atoms with Gasteiger partial charge in [-0.3, -0.25) is 4.79 Å². The Kier molecular flexibility index (Phi) is 5.96. The van der Waals surface area contributed by atoms with Crippen LogP contribution in [0.15, 0.2) is 66.9 Å². The zero-order valence-electron chi connectivity index (χ0n) is 15.5. The fraction of sp³-hybridized carbons (Fsp3) is 0.143. The highest BCUT2D eigenvalue weighted by Crippen LogP contribution is 2.17. The first-order chi connectivity index (χ1) is 13.6. The Morgan fingerprint density at radius 3 is 2.57 bits per heavy atom. The third kappa shape index (κ3) is 4.70. The molecule has 0 aliphatic heterocycles. The smallest absolute Gasteiger partial charge is 0.337 e. The van der Waals surface area contributed by atoms with E-state index in [1.807, 2.05) is 37.3 Å². The molecule has 0 bridgehead atoms. The molecule has 1 aromatic heterocycles. The molecule has 1 atom stereocenters. The van der Waals surface area contributed by atoms with Gasteiger partial charge in [0.1, 0.15) is 5.69 Å². The summed E-state index contributed by atoms with van der Waals surface area (Å²) in [6, 6.07) is 17.9. The SMILES string of the molecule is COC(=O)c1cccc(NC(=O)c2ccnc(NC(C)c3ccccc3)n2)c1. The molecular weight excluding hydrogens is 356 g/mol. The Labute approximate surface area is 162 Å². The van der Waals surface area contributed by atoms with E-state index in [1.165, 1.54) is 19.4 Å². The second kappa shape index (κ2) is 8.77. The Balaban J connectivity index is 1.71. The molecule has 1 unspecified atom stereocenters. The van der Waals surface area contributed by atoms with Gasteiger partial charge < -0.3 is 15.4 Å². The number of ether oxygens (including phenoxy) is 1. The lowest BCUT2D eigenvalue weighted by Gasteiger charge is -2.14. The maximum atomic E-state index is 12.5. The molecule has 0 saturated carbocycles. The summed E-state index contributed by atoms with van der Waals surface area (Å²) in [6.07, 6.45) is 1.52. The van der Waals surface area contributed by atoms with Crippen LogP contribution in [0.2, 0.25) is 0 Å². The van der Waals surface area contributed by atoms with Crippen LogP contribution in [0.4, 0.5) is 11.6 Å². The summed E-state index contributed by atoms with van der Waals surface area (Å²) in [5.74, 6) is -0.522. The van der Waals surface area contributed by atoms with Crippen LogP contribution in [0.5, 0.6) is 0 Å². The lowest BCUT2D eigenvalue weighted by molar-refractivity contribution is 0.0600. The van der Waals surface area contributed by atoms with Crippen molar-refractivity contribution < 1.29 is 14.3 Å². The first-order valence-corrected chi connectivity index (χ1v) is 8.71. The molecule has 0 radical (unpaired) electrons. The molecule has 142 valence electrons. The number of nitrogens with one attached hydrogen (secondary N) is 2. The van der Waals surface area contributed by atoms with Crippen molar-refractivity contribution >= 4 is 23.5 Å². The standard InChI is InChI=1S/C21H20N4O3/c1-14(15-7-4-3-5-8-15)23-21-22-12-11-18(25-21)19(26)24-17-10-6-9-16(13-17)20(27)28-2/h3-14H,1-2H3,(H,24,26)(H,22,23,25). The summed E-state index contributed by atoms with van der Waals surface area (Å²) in [6.45, 7) is 1.99. The lowest BCUT2D eigenvalue weighted by atomic mass is 10.1. The predicted octanol–water partition coefficient (Wildman–Crippen LogP) is 3.69. The number of amides is 1. The number of hydrogen-bond acceptors (Lipinski definition) is 6. The number of hydrogen-bond donors (Lipinski definition) is 2. The molecule has 1 heterocycles. The Morgan fingerprint density at radius 1 is 1.04 bits per heavy atom. The Bertz CT molecular complexity index is 976. The minimum atomic E-state index is -0.473. The Hall–Kier alpha value is -3.74. The van der Waals surface area contributed by atoms with Gasteiger partial charge in [-0.1, -0.05) is 36.4 Å². The van der Waals surface area contributed by atoms with Gasteiger partial charge in [-0.15, -0.1) is 0 Å². The van der Waals surface area contributed by atoms with Gasteiger partial charge in [0.2, 0.25) is 5.95 Å². The van der Waals surface area contributed by atoms with Crippen LogP contribution in [-0.2, 0) is 4.74 Å². The highest BCUT2D eigenvalue weighted by atomic mass is 16.5. The molecule has 2 aromatic carbocycles. The van der Waals surface area contributed by atoms with Crippen LogP contribution >= 0.6 is 0 Å². The fourth-order valence-electron chi connectivity index (χ4n) is 2.61. The molecule has 3 rings (SSSR count). The van der Waals surface area contributed by atoms with Gasteiger partial charge in [-0.25, -0.2) is 14.8 Å². The van der Waals surface area contributed by atoms with Crippen LogP contribution in [0, 0.1) is 0 Å². The highest BCUT2D eigenvalue weighted by molar-refractivity contribution is 6.03. The summed E-state index contributed by atoms with van der Waals surface area (Å²) < 4.78 is 4.69. The molecule has 1 amide bonds. The van der Waals surface area contributed by atoms with Crippen molar-refractivity contribution in [3.63, 3.8) is 0 Å². The van der Waals surface area contributed by atoms with Crippen molar-refractivity contribution in [3.05, 3.63) is 83.7 Å². The van der Waals surface area contributed by atoms with E-state index in [0.29, 0.717) is 17.2 Å². The molecular formula is C21H20N4O3. The Morgan fingerprint density at radius 2 is 1.82 bits per heavy atom. The summed E-state index contributed by atoms with van der Waals surface area (Å²) in [5, 5.41) is 5.91. The minimum Gasteiger partial charge on any atom is -0.465 e. The molecule has 0 fully saturated rings. The van der Waals surface area contributed by atoms with E-state index in [2.05, 4.69) is 25.3 Å². The van der Waals surface area contributed by atoms with Crippen LogP contribution in [0.1, 0.15) is 39.4 Å². The molecule has 28 heavy (non-hydrogen) atoms. The summed E-state index contributed by atoms with van der Waals surface area (Å²) >= 11 is 0. The maximum Gasteiger partial charge on any atom is 0.337 e. The average molecular weight is 376 g/mol. The second-order valence-corrected chi connectivity index (χ2v) is 6.07. The zero-order chi connectivity index (χ0) is 19.9. The van der Waals surface area contributed by atoms with Crippen molar-refractivity contribution in [1.29, 1.82) is 0 Å². The predicted molar refractivity (Wildman–Crippen MR) is 106 cm³/mol. The number of nitrogens with zero attached hydrogens (tertiary/aromatic N) is 2. The minimum absolute atomic E-state index is 0.0174. The third-order valence-corrected chi connectivity index (χ3v) is 4.07. The van der Waals surface area contributed by atoms with E-state index >= 15 is 0 Å². The number of benzene rings is 2. The van der Waals surface area contributed by atoms with Gasteiger partial charge in [-0.2, -0.15) is 0 Å². The van der Waals surface area contributed by atoms with Crippen LogP contribution in [0.25, 0.3) is 0 Å². The van der Waals surface area contributed by atoms with Crippen molar-refractivity contribution in [2.45, 2.75) is 13.0 Å². The molecule has 0 spiro atoms. The van der Waals surface area contributed by atoms with E-state index in [9.17, 15) is 9.59 Å². The van der Waals surface area contributed by atoms with E-state index in [-0.39, 0.29) is 11.7 Å². The summed E-state index contributed by atoms with van der Waals surface area (Å²) in [5.41, 5.74) is 2.11. The van der Waals surface area contributed by atoms with Crippen LogP contribution in [0.3, 0.4) is 0 Å². The van der Waals surface area contributed by atoms with Crippen LogP contribution in [-0.4, -0.2) is 29.0 Å². The van der Waals surface area contributed by atoms with Crippen molar-refractivity contribution in [1.82, 2.24) is 9.97 Å². The van der Waals surface area contributed by atoms with Gasteiger partial charge in [-0.05, 0) is 36.8 Å². The lowest BCUT2D eigenvalue weighted by Crippen LogP contribution is -2.16. The summed E-state index contributed by atoms with van der Waals surface area (Å²) in [7, 11) is 1.31. The quantitative estimate of drug-likeness (QED) is 0.638. The number of rotatable bonds is 6. The number of carbonyl (C=O) groups is 2. The number of esters is 1. The van der Waals surface area contributed by atoms with Gasteiger partial charge >= 0.3 is 5.97 Å². The second-order valence-electron chi connectivity index (χ2n) is 6.07. The number of aromatic nitrogens is 2. The molecule has 7 heteroatoms. The van der Waals surface area contributed by atoms with E-state index < -0.39 is 11.9 Å². The maximum absolute atomic E-state index is 12.5. The topological polar surface area (TPSA) is 93.2 Å². The average Bonchev–Trinajstić information content (AvgIpc) is 2.74. The molecule has 0 aliphatic carbocycles. The van der Waals surface area contributed by atoms with Crippen molar-refractivity contribution in [3.8, 4) is 0 Å². The van der Waals surface area contributed by atoms with Crippen molar-refractivity contribution in [2.24, 2.45) is 0 Å². The van der Waals surface area contributed by atoms with Gasteiger partial charge in [0, 0.05) is 11.9 Å². The summed E-state index contributed by atoms with van der Waals surface area (Å²) in [4.78, 5) is 32.6. The van der Waals surface area contributed by atoms with Crippen LogP contribution < -0.4 is 10.6 Å². The molecule has 2 N–H and O–H groups in total. The first-order valence-electron chi connectivity index (χ1n) is 8.71. The fourth-order valence-corrected chi connectivity index (χ4v) is 2.61. The zero-order valence-corrected chi connectivity index (χ0v) is 15.5. The van der Waals surface area contributed by atoms with E-state index in [0.717, 1.165) is 5.56 Å². The largest absolute Gasteiger partial charge is 0.465 e. The van der Waals surface area contributed by atoms with Gasteiger partial charge in [0.25, 0.3) is 5.91 Å². The first kappa shape index (κ1) is 19.0. The van der Waals surface area contributed by atoms with E-state index in [1.54, 1.807) is 24.3 Å². The molecule has 7 nitrogen and oxygen atoms in total. The number of carbonyl (C=O) groups excluding carboxylic acids is 2. The van der Waals surface area contributed by atoms with Gasteiger partial charge in [0.15, 0.2) is 0 Å². The normalized spacial score (nSPS) is 11.4. The highest BCUT2D eigenvalue weighted by Gasteiger charge is 2.13. The molecule has 0 aliphatic rings. The molecule has 3 aromatic rings. The van der Waals surface area contributed by atoms with Gasteiger partial charge in [0.05, 0.1) is 18.7 Å². The van der Waals surface area contributed by atoms with Crippen molar-refractivity contribution in [2.75, 3.05) is 17.7 Å². The monoisotopic (exact) mass is 376 g/mol. The van der Waals surface area contributed by atoms with E-state index in [4.69, 9.17) is 0 Å². The number of methoxy groups -OCH3 is 1.